The van der Waals surface area contributed by atoms with Crippen LogP contribution in [0.25, 0.3) is 5.65 Å². The lowest BCUT2D eigenvalue weighted by molar-refractivity contribution is -0.161. The van der Waals surface area contributed by atoms with Crippen molar-refractivity contribution in [3.63, 3.8) is 0 Å². The van der Waals surface area contributed by atoms with E-state index in [1.807, 2.05) is 19.2 Å². The van der Waals surface area contributed by atoms with Crippen LogP contribution in [0.3, 0.4) is 0 Å². The number of likely N-dealkylation sites (tertiary alicyclic amines) is 1. The van der Waals surface area contributed by atoms with E-state index in [1.165, 1.54) is 5.56 Å². The molecule has 1 spiro atoms. The number of aromatic nitrogens is 3. The highest BCUT2D eigenvalue weighted by Crippen LogP contribution is 2.48. The number of anilines is 1. The average molecular weight is 575 g/mol. The Hall–Kier alpha value is -3.99. The van der Waals surface area contributed by atoms with Crippen molar-refractivity contribution in [2.45, 2.75) is 69.9 Å². The molecule has 2 aliphatic heterocycles. The molecule has 0 radical (unpaired) electrons. The van der Waals surface area contributed by atoms with E-state index in [1.54, 1.807) is 9.42 Å². The number of aliphatic hydroxyl groups is 1. The molecule has 4 heterocycles. The van der Waals surface area contributed by atoms with Gasteiger partial charge < -0.3 is 25.3 Å². The molecule has 2 amide bonds. The summed E-state index contributed by atoms with van der Waals surface area (Å²) in [6, 6.07) is 12.7. The van der Waals surface area contributed by atoms with Crippen LogP contribution >= 0.6 is 0 Å². The number of pyridine rings is 1. The molecular formula is C31H38N6O5. The maximum absolute atomic E-state index is 13.1. The zero-order valence-corrected chi connectivity index (χ0v) is 24.3. The molecule has 1 unspecified atom stereocenters. The summed E-state index contributed by atoms with van der Waals surface area (Å²) in [5.74, 6) is -1.97. The van der Waals surface area contributed by atoms with Crippen LogP contribution in [-0.2, 0) is 15.0 Å². The van der Waals surface area contributed by atoms with Crippen LogP contribution in [0.15, 0.2) is 42.6 Å². The molecule has 2 atom stereocenters. The zero-order chi connectivity index (χ0) is 29.9. The third-order valence-electron chi connectivity index (χ3n) is 9.56. The van der Waals surface area contributed by atoms with Gasteiger partial charge in [0.15, 0.2) is 11.2 Å². The van der Waals surface area contributed by atoms with Gasteiger partial charge in [-0.25, -0.2) is 14.3 Å². The van der Waals surface area contributed by atoms with Crippen molar-refractivity contribution >= 4 is 29.1 Å². The number of nitrogens with zero attached hydrogens (tertiary/aromatic N) is 5. The number of carbonyl (C=O) groups excluding carboxylic acids is 2. The van der Waals surface area contributed by atoms with Gasteiger partial charge in [0.2, 0.25) is 11.7 Å². The number of hydrogen-bond donors (Lipinski definition) is 3. The van der Waals surface area contributed by atoms with Crippen molar-refractivity contribution in [2.24, 2.45) is 5.41 Å². The molecule has 42 heavy (non-hydrogen) atoms. The van der Waals surface area contributed by atoms with E-state index < -0.39 is 18.0 Å². The molecule has 1 aromatic carbocycles. The Labute approximate surface area is 244 Å². The highest BCUT2D eigenvalue weighted by atomic mass is 16.4. The largest absolute Gasteiger partial charge is 0.479 e. The molecule has 3 N–H and O–H groups in total. The maximum Gasteiger partial charge on any atom is 0.335 e. The van der Waals surface area contributed by atoms with Crippen molar-refractivity contribution in [2.75, 3.05) is 31.1 Å². The number of aryl methyl sites for hydroxylation is 1. The molecule has 2 aromatic heterocycles. The second-order valence-electron chi connectivity index (χ2n) is 13.1. The Morgan fingerprint density at radius 3 is 2.57 bits per heavy atom. The van der Waals surface area contributed by atoms with Gasteiger partial charge in [0.1, 0.15) is 0 Å². The molecule has 0 bridgehead atoms. The predicted molar refractivity (Wildman–Crippen MR) is 155 cm³/mol. The Balaban J connectivity index is 1.07. The number of carbonyl (C=O) groups is 3. The molecule has 11 heteroatoms. The molecule has 1 aliphatic carbocycles. The maximum atomic E-state index is 13.1. The summed E-state index contributed by atoms with van der Waals surface area (Å²) in [5.41, 5.74) is 1.90. The van der Waals surface area contributed by atoms with E-state index in [4.69, 9.17) is 5.11 Å². The quantitative estimate of drug-likeness (QED) is 0.391. The van der Waals surface area contributed by atoms with Gasteiger partial charge in [-0.05, 0) is 62.1 Å². The van der Waals surface area contributed by atoms with Crippen LogP contribution in [0.1, 0.15) is 67.7 Å². The molecule has 3 fully saturated rings. The number of nitrogens with one attached hydrogen (secondary N) is 1. The van der Waals surface area contributed by atoms with Gasteiger partial charge in [0.25, 0.3) is 5.91 Å². The first-order valence-corrected chi connectivity index (χ1v) is 14.6. The predicted octanol–water partition coefficient (Wildman–Crippen LogP) is 2.54. The SMILES string of the molecule is Cc1cc(N2CC[C@](C)(c3ccccc3)C2)cn2nc(C(=O)NC3CC4(CCN(C(=O)CC(C)(O)C(=O)O)C4)C3)nc12. The summed E-state index contributed by atoms with van der Waals surface area (Å²) in [6.07, 6.45) is 4.79. The molecule has 1 saturated carbocycles. The van der Waals surface area contributed by atoms with E-state index in [2.05, 4.69) is 57.6 Å². The topological polar surface area (TPSA) is 140 Å². The summed E-state index contributed by atoms with van der Waals surface area (Å²) in [5, 5.41) is 26.7. The summed E-state index contributed by atoms with van der Waals surface area (Å²) >= 11 is 0. The van der Waals surface area contributed by atoms with E-state index in [-0.39, 0.29) is 34.5 Å². The number of carboxylic acid groups (broad SMARTS) is 1. The second kappa shape index (κ2) is 10.1. The molecule has 222 valence electrons. The number of fused-ring (bicyclic) bond motifs is 1. The minimum atomic E-state index is -2.08. The fraction of sp³-hybridized carbons (Fsp3) is 0.516. The van der Waals surface area contributed by atoms with Crippen LogP contribution in [0.5, 0.6) is 0 Å². The van der Waals surface area contributed by atoms with Gasteiger partial charge in [-0.15, -0.1) is 5.10 Å². The summed E-state index contributed by atoms with van der Waals surface area (Å²) < 4.78 is 1.70. The number of aliphatic carboxylic acids is 1. The Morgan fingerprint density at radius 1 is 1.12 bits per heavy atom. The van der Waals surface area contributed by atoms with Crippen molar-refractivity contribution < 1.29 is 24.6 Å². The van der Waals surface area contributed by atoms with Crippen LogP contribution in [0.2, 0.25) is 0 Å². The number of rotatable bonds is 7. The van der Waals surface area contributed by atoms with Crippen LogP contribution in [0.4, 0.5) is 5.69 Å². The van der Waals surface area contributed by atoms with Crippen LogP contribution in [0, 0.1) is 12.3 Å². The minimum absolute atomic E-state index is 0.0433. The van der Waals surface area contributed by atoms with E-state index in [9.17, 15) is 19.5 Å². The van der Waals surface area contributed by atoms with Gasteiger partial charge >= 0.3 is 5.97 Å². The van der Waals surface area contributed by atoms with Gasteiger partial charge in [0.05, 0.1) is 18.3 Å². The number of benzene rings is 1. The first kappa shape index (κ1) is 28.1. The summed E-state index contributed by atoms with van der Waals surface area (Å²) in [4.78, 5) is 45.4. The van der Waals surface area contributed by atoms with Crippen LogP contribution in [-0.4, -0.2) is 85.3 Å². The monoisotopic (exact) mass is 574 g/mol. The zero-order valence-electron chi connectivity index (χ0n) is 24.3. The number of amides is 2. The van der Waals surface area contributed by atoms with Gasteiger partial charge in [-0.2, -0.15) is 0 Å². The normalized spacial score (nSPS) is 26.8. The molecular weight excluding hydrogens is 536 g/mol. The standard InChI is InChI=1S/C31H38N6O5/c1-20-13-23(35-11-9-29(2,18-35)21-7-5-4-6-8-21)17-37-26(20)33-25(34-37)27(39)32-22-14-31(15-22)10-12-36(19-31)24(38)16-30(3,42)28(40)41/h4-8,13,17,22,42H,9-12,14-16,18-19H2,1-3H3,(H,32,39)(H,40,41)/t22?,29-,30?,31?/m0/s1. The van der Waals surface area contributed by atoms with Gasteiger partial charge in [-0.3, -0.25) is 9.59 Å². The Kier molecular flexibility index (Phi) is 6.75. The second-order valence-corrected chi connectivity index (χ2v) is 13.1. The third-order valence-corrected chi connectivity index (χ3v) is 9.56. The molecule has 11 nitrogen and oxygen atoms in total. The minimum Gasteiger partial charge on any atom is -0.479 e. The Morgan fingerprint density at radius 2 is 1.86 bits per heavy atom. The lowest BCUT2D eigenvalue weighted by Crippen LogP contribution is -2.52. The van der Waals surface area contributed by atoms with E-state index in [0.717, 1.165) is 56.9 Å². The third kappa shape index (κ3) is 5.10. The molecule has 3 aliphatic rings. The lowest BCUT2D eigenvalue weighted by Gasteiger charge is -2.45. The fourth-order valence-electron chi connectivity index (χ4n) is 6.96. The molecule has 2 saturated heterocycles. The highest BCUT2D eigenvalue weighted by molar-refractivity contribution is 5.91. The smallest absolute Gasteiger partial charge is 0.335 e. The van der Waals surface area contributed by atoms with Crippen molar-refractivity contribution in [1.29, 1.82) is 0 Å². The van der Waals surface area contributed by atoms with Crippen molar-refractivity contribution in [1.82, 2.24) is 24.8 Å². The molecule has 6 rings (SSSR count). The average Bonchev–Trinajstić information content (AvgIpc) is 3.66. The molecule has 3 aromatic rings. The number of carboxylic acids is 1. The first-order chi connectivity index (χ1) is 19.9. The highest BCUT2D eigenvalue weighted by Gasteiger charge is 2.50. The van der Waals surface area contributed by atoms with Crippen molar-refractivity contribution in [3.05, 3.63) is 59.5 Å². The fourth-order valence-corrected chi connectivity index (χ4v) is 6.96. The number of hydrogen-bond acceptors (Lipinski definition) is 7. The first-order valence-electron chi connectivity index (χ1n) is 14.6. The van der Waals surface area contributed by atoms with E-state index >= 15 is 0 Å². The lowest BCUT2D eigenvalue weighted by atomic mass is 9.65. The summed E-state index contributed by atoms with van der Waals surface area (Å²) in [7, 11) is 0. The van der Waals surface area contributed by atoms with Crippen LogP contribution < -0.4 is 10.2 Å². The van der Waals surface area contributed by atoms with E-state index in [0.29, 0.717) is 18.7 Å². The van der Waals surface area contributed by atoms with Gasteiger partial charge in [0, 0.05) is 37.6 Å². The Bertz CT molecular complexity index is 1550. The van der Waals surface area contributed by atoms with Crippen molar-refractivity contribution in [3.8, 4) is 0 Å². The summed E-state index contributed by atoms with van der Waals surface area (Å²) in [6.45, 7) is 8.28. The van der Waals surface area contributed by atoms with Gasteiger partial charge in [-0.1, -0.05) is 37.3 Å².